The molecule has 4 nitrogen and oxygen atoms in total. The Morgan fingerprint density at radius 1 is 1.12 bits per heavy atom. The lowest BCUT2D eigenvalue weighted by atomic mass is 9.90. The molecular formula is C12H22O4. The highest BCUT2D eigenvalue weighted by Crippen LogP contribution is 2.38. The fourth-order valence-corrected chi connectivity index (χ4v) is 2.59. The first-order valence-electron chi connectivity index (χ1n) is 6.01. The Balaban J connectivity index is 2.17. The minimum Gasteiger partial charge on any atom is -0.388 e. The molecule has 1 N–H and O–H groups in total. The predicted molar refractivity (Wildman–Crippen MR) is 59.0 cm³/mol. The lowest BCUT2D eigenvalue weighted by molar-refractivity contribution is -0.193. The van der Waals surface area contributed by atoms with Crippen molar-refractivity contribution >= 4 is 0 Å². The van der Waals surface area contributed by atoms with Crippen molar-refractivity contribution in [2.75, 3.05) is 0 Å². The average molecular weight is 230 g/mol. The molecule has 0 bridgehead atoms. The van der Waals surface area contributed by atoms with Crippen molar-refractivity contribution in [1.29, 1.82) is 0 Å². The van der Waals surface area contributed by atoms with Crippen LogP contribution in [0.15, 0.2) is 0 Å². The van der Waals surface area contributed by atoms with E-state index < -0.39 is 11.9 Å². The molecule has 0 aromatic carbocycles. The van der Waals surface area contributed by atoms with Gasteiger partial charge in [-0.05, 0) is 26.7 Å². The first-order valence-corrected chi connectivity index (χ1v) is 6.01. The van der Waals surface area contributed by atoms with Gasteiger partial charge in [0.1, 0.15) is 18.3 Å². The number of fused-ring (bicyclic) bond motifs is 1. The molecule has 2 heterocycles. The Bertz CT molecular complexity index is 264. The molecule has 0 aromatic heterocycles. The van der Waals surface area contributed by atoms with E-state index in [4.69, 9.17) is 14.2 Å². The second-order valence-corrected chi connectivity index (χ2v) is 5.61. The minimum atomic E-state index is -0.625. The third-order valence-electron chi connectivity index (χ3n) is 3.33. The second-order valence-electron chi connectivity index (χ2n) is 5.61. The molecule has 2 aliphatic rings. The molecule has 16 heavy (non-hydrogen) atoms. The van der Waals surface area contributed by atoms with Crippen LogP contribution in [-0.2, 0) is 14.2 Å². The van der Waals surface area contributed by atoms with Gasteiger partial charge in [0.25, 0.3) is 0 Å². The summed E-state index contributed by atoms with van der Waals surface area (Å²) < 4.78 is 17.3. The van der Waals surface area contributed by atoms with Gasteiger partial charge in [0, 0.05) is 0 Å². The van der Waals surface area contributed by atoms with E-state index in [0.717, 1.165) is 0 Å². The van der Waals surface area contributed by atoms with Crippen molar-refractivity contribution in [3.05, 3.63) is 0 Å². The number of aliphatic hydroxyl groups is 1. The summed E-state index contributed by atoms with van der Waals surface area (Å²) >= 11 is 0. The highest BCUT2D eigenvalue weighted by atomic mass is 16.8. The summed E-state index contributed by atoms with van der Waals surface area (Å²) in [5.41, 5.74) is 0. The molecule has 0 saturated carbocycles. The van der Waals surface area contributed by atoms with Gasteiger partial charge in [0.2, 0.25) is 0 Å². The highest BCUT2D eigenvalue weighted by molar-refractivity contribution is 4.97. The van der Waals surface area contributed by atoms with Crippen LogP contribution < -0.4 is 0 Å². The van der Waals surface area contributed by atoms with E-state index in [1.807, 2.05) is 34.6 Å². The third kappa shape index (κ3) is 1.99. The molecule has 2 saturated heterocycles. The summed E-state index contributed by atoms with van der Waals surface area (Å²) in [7, 11) is 0. The Labute approximate surface area is 96.9 Å². The van der Waals surface area contributed by atoms with Gasteiger partial charge in [-0.3, -0.25) is 0 Å². The molecule has 0 radical (unpaired) electrons. The number of hydrogen-bond donors (Lipinski definition) is 1. The average Bonchev–Trinajstić information content (AvgIpc) is 2.48. The number of rotatable bonds is 1. The minimum absolute atomic E-state index is 0.0393. The number of hydrogen-bond acceptors (Lipinski definition) is 4. The zero-order valence-corrected chi connectivity index (χ0v) is 10.6. The van der Waals surface area contributed by atoms with Crippen molar-refractivity contribution in [3.8, 4) is 0 Å². The summed E-state index contributed by atoms with van der Waals surface area (Å²) in [6.45, 7) is 9.80. The maximum Gasteiger partial charge on any atom is 0.164 e. The van der Waals surface area contributed by atoms with Crippen LogP contribution in [0.5, 0.6) is 0 Å². The van der Waals surface area contributed by atoms with Gasteiger partial charge in [0.15, 0.2) is 5.79 Å². The molecule has 94 valence electrons. The summed E-state index contributed by atoms with van der Waals surface area (Å²) in [4.78, 5) is 0. The van der Waals surface area contributed by atoms with E-state index >= 15 is 0 Å². The van der Waals surface area contributed by atoms with Crippen LogP contribution in [0.25, 0.3) is 0 Å². The van der Waals surface area contributed by atoms with Crippen molar-refractivity contribution in [2.45, 2.75) is 70.9 Å². The summed E-state index contributed by atoms with van der Waals surface area (Å²) in [5, 5.41) is 10.2. The van der Waals surface area contributed by atoms with Crippen molar-refractivity contribution in [1.82, 2.24) is 0 Å². The van der Waals surface area contributed by atoms with E-state index in [1.54, 1.807) is 0 Å². The molecule has 2 rings (SSSR count). The molecule has 4 heteroatoms. The zero-order valence-electron chi connectivity index (χ0n) is 10.6. The van der Waals surface area contributed by atoms with Gasteiger partial charge < -0.3 is 19.3 Å². The van der Waals surface area contributed by atoms with Crippen LogP contribution in [0.3, 0.4) is 0 Å². The van der Waals surface area contributed by atoms with E-state index in [-0.39, 0.29) is 30.3 Å². The number of aliphatic hydroxyl groups excluding tert-OH is 1. The maximum atomic E-state index is 10.2. The van der Waals surface area contributed by atoms with Gasteiger partial charge in [0.05, 0.1) is 12.2 Å². The van der Waals surface area contributed by atoms with Gasteiger partial charge in [-0.25, -0.2) is 0 Å². The number of ether oxygens (including phenoxy) is 3. The maximum absolute atomic E-state index is 10.2. The smallest absolute Gasteiger partial charge is 0.164 e. The Hall–Kier alpha value is -0.160. The van der Waals surface area contributed by atoms with Gasteiger partial charge in [-0.15, -0.1) is 0 Å². The SMILES string of the molecule is CC(C)C1OC(C)C2OC(C)(C)OC2C1O. The van der Waals surface area contributed by atoms with Gasteiger partial charge in [-0.1, -0.05) is 13.8 Å². The fraction of sp³-hybridized carbons (Fsp3) is 1.00. The fourth-order valence-electron chi connectivity index (χ4n) is 2.59. The normalized spacial score (nSPS) is 47.1. The van der Waals surface area contributed by atoms with E-state index in [0.29, 0.717) is 0 Å². The summed E-state index contributed by atoms with van der Waals surface area (Å²) in [6.07, 6.45) is -1.26. The first-order chi connectivity index (χ1) is 7.32. The van der Waals surface area contributed by atoms with Gasteiger partial charge >= 0.3 is 0 Å². The molecule has 0 amide bonds. The van der Waals surface area contributed by atoms with Crippen molar-refractivity contribution < 1.29 is 19.3 Å². The van der Waals surface area contributed by atoms with Crippen LogP contribution in [0.4, 0.5) is 0 Å². The Kier molecular flexibility index (Phi) is 3.03. The predicted octanol–water partition coefficient (Wildman–Crippen LogP) is 1.31. The molecule has 2 aliphatic heterocycles. The van der Waals surface area contributed by atoms with E-state index in [1.165, 1.54) is 0 Å². The lowest BCUT2D eigenvalue weighted by Gasteiger charge is -2.40. The quantitative estimate of drug-likeness (QED) is 0.738. The molecule has 0 aromatic rings. The molecule has 0 aliphatic carbocycles. The van der Waals surface area contributed by atoms with Gasteiger partial charge in [-0.2, -0.15) is 0 Å². The van der Waals surface area contributed by atoms with E-state index in [9.17, 15) is 5.11 Å². The summed E-state index contributed by atoms with van der Waals surface area (Å²) in [6, 6.07) is 0. The zero-order chi connectivity index (χ0) is 12.1. The topological polar surface area (TPSA) is 47.9 Å². The Morgan fingerprint density at radius 3 is 2.25 bits per heavy atom. The highest BCUT2D eigenvalue weighted by Gasteiger charge is 2.53. The van der Waals surface area contributed by atoms with E-state index in [2.05, 4.69) is 0 Å². The third-order valence-corrected chi connectivity index (χ3v) is 3.33. The second kappa shape index (κ2) is 3.95. The molecule has 5 unspecified atom stereocenters. The monoisotopic (exact) mass is 230 g/mol. The standard InChI is InChI=1S/C12H22O4/c1-6(2)9-8(13)11-10(7(3)14-9)15-12(4,5)16-11/h6-11,13H,1-5H3. The summed E-state index contributed by atoms with van der Waals surface area (Å²) in [5.74, 6) is -0.356. The molecule has 0 spiro atoms. The van der Waals surface area contributed by atoms with Crippen LogP contribution >= 0.6 is 0 Å². The van der Waals surface area contributed by atoms with Crippen LogP contribution in [-0.4, -0.2) is 41.4 Å². The molecule has 2 fully saturated rings. The van der Waals surface area contributed by atoms with Crippen LogP contribution in [0, 0.1) is 5.92 Å². The largest absolute Gasteiger partial charge is 0.388 e. The Morgan fingerprint density at radius 2 is 1.69 bits per heavy atom. The van der Waals surface area contributed by atoms with Crippen LogP contribution in [0.2, 0.25) is 0 Å². The molecular weight excluding hydrogens is 208 g/mol. The van der Waals surface area contributed by atoms with Crippen LogP contribution in [0.1, 0.15) is 34.6 Å². The molecule has 5 atom stereocenters. The van der Waals surface area contributed by atoms with Crippen molar-refractivity contribution in [2.24, 2.45) is 5.92 Å². The van der Waals surface area contributed by atoms with Crippen molar-refractivity contribution in [3.63, 3.8) is 0 Å². The lowest BCUT2D eigenvalue weighted by Crippen LogP contribution is -2.56. The first kappa shape index (κ1) is 12.3.